The first-order chi connectivity index (χ1) is 14.9. The quantitative estimate of drug-likeness (QED) is 0.368. The Labute approximate surface area is 182 Å². The molecule has 4 N–H and O–H groups in total. The first kappa shape index (κ1) is 22.3. The molecule has 0 fully saturated rings. The Morgan fingerprint density at radius 2 is 1.77 bits per heavy atom. The Morgan fingerprint density at radius 1 is 1.13 bits per heavy atom. The van der Waals surface area contributed by atoms with Gasteiger partial charge in [-0.05, 0) is 36.8 Å². The van der Waals surface area contributed by atoms with E-state index in [0.29, 0.717) is 39.4 Å². The molecule has 9 nitrogen and oxygen atoms in total. The van der Waals surface area contributed by atoms with E-state index in [1.165, 1.54) is 0 Å². The maximum absolute atomic E-state index is 11.2. The summed E-state index contributed by atoms with van der Waals surface area (Å²) >= 11 is 0. The molecule has 164 valence electrons. The van der Waals surface area contributed by atoms with Gasteiger partial charge in [-0.3, -0.25) is 0 Å². The summed E-state index contributed by atoms with van der Waals surface area (Å²) in [4.78, 5) is 9.40. The van der Waals surface area contributed by atoms with E-state index in [4.69, 9.17) is 14.3 Å². The Morgan fingerprint density at radius 3 is 2.32 bits per heavy atom. The molecule has 31 heavy (non-hydrogen) atoms. The number of nitrogens with zero attached hydrogens (tertiary/aromatic N) is 2. The van der Waals surface area contributed by atoms with Gasteiger partial charge in [0.2, 0.25) is 5.95 Å². The van der Waals surface area contributed by atoms with Gasteiger partial charge >= 0.3 is 0 Å². The first-order valence-corrected chi connectivity index (χ1v) is 10.6. The minimum absolute atomic E-state index is 0.0701. The molecule has 0 saturated heterocycles. The van der Waals surface area contributed by atoms with Gasteiger partial charge in [-0.25, -0.2) is 4.98 Å². The number of benzene rings is 2. The Bertz CT molecular complexity index is 1090. The van der Waals surface area contributed by atoms with Crippen LogP contribution in [0.4, 0.5) is 17.5 Å². The van der Waals surface area contributed by atoms with Gasteiger partial charge in [-0.2, -0.15) is 15.6 Å². The minimum Gasteiger partial charge on any atom is -0.497 e. The molecule has 0 aliphatic carbocycles. The van der Waals surface area contributed by atoms with Crippen molar-refractivity contribution < 1.29 is 18.8 Å². The zero-order chi connectivity index (χ0) is 22.4. The second-order valence-corrected chi connectivity index (χ2v) is 7.71. The molecule has 0 aliphatic heterocycles. The highest BCUT2D eigenvalue weighted by molar-refractivity contribution is 7.73. The number of aliphatic hydroxyl groups is 1. The smallest absolute Gasteiger partial charge is 0.229 e. The fraction of sp³-hybridized carbons (Fsp3) is 0.238. The molecule has 10 heteroatoms. The van der Waals surface area contributed by atoms with Crippen LogP contribution in [0.1, 0.15) is 6.92 Å². The Balaban J connectivity index is 1.99. The number of methoxy groups -OCH3 is 2. The number of anilines is 3. The van der Waals surface area contributed by atoms with Gasteiger partial charge in [0.05, 0.1) is 20.8 Å². The topological polar surface area (TPSA) is 129 Å². The number of aromatic nitrogens is 2. The zero-order valence-corrected chi connectivity index (χ0v) is 18.2. The normalized spacial score (nSPS) is 11.8. The van der Waals surface area contributed by atoms with Crippen LogP contribution in [-0.4, -0.2) is 41.9 Å². The number of aliphatic hydroxyl groups excluding tert-OH is 1. The van der Waals surface area contributed by atoms with E-state index in [2.05, 4.69) is 20.6 Å². The summed E-state index contributed by atoms with van der Waals surface area (Å²) < 4.78 is 29.2. The van der Waals surface area contributed by atoms with Gasteiger partial charge in [-0.1, -0.05) is 17.0 Å². The lowest BCUT2D eigenvalue weighted by atomic mass is 10.1. The Kier molecular flexibility index (Phi) is 7.27. The molecule has 0 radical (unpaired) electrons. The summed E-state index contributed by atoms with van der Waals surface area (Å²) in [5, 5.41) is 15.8. The van der Waals surface area contributed by atoms with Crippen molar-refractivity contribution >= 4 is 28.0 Å². The third-order valence-corrected chi connectivity index (χ3v) is 5.13. The van der Waals surface area contributed by atoms with Crippen molar-refractivity contribution in [1.82, 2.24) is 9.97 Å². The molecule has 3 rings (SSSR count). The monoisotopic (exact) mass is 442 g/mol. The number of nitrogens with one attached hydrogen (secondary N) is 3. The average Bonchev–Trinajstić information content (AvgIpc) is 2.79. The van der Waals surface area contributed by atoms with Crippen LogP contribution in [0.5, 0.6) is 11.5 Å². The summed E-state index contributed by atoms with van der Waals surface area (Å²) in [7, 11) is 1.37. The highest BCUT2D eigenvalue weighted by atomic mass is 32.2. The van der Waals surface area contributed by atoms with E-state index < -0.39 is 10.6 Å². The fourth-order valence-corrected chi connectivity index (χ4v) is 3.18. The van der Waals surface area contributed by atoms with Gasteiger partial charge in [0.15, 0.2) is 0 Å². The summed E-state index contributed by atoms with van der Waals surface area (Å²) in [6.07, 6.45) is 1.67. The maximum Gasteiger partial charge on any atom is 0.229 e. The number of rotatable bonds is 9. The summed E-state index contributed by atoms with van der Waals surface area (Å²) in [6, 6.07) is 11.9. The lowest BCUT2D eigenvalue weighted by Crippen LogP contribution is -2.21. The van der Waals surface area contributed by atoms with E-state index >= 15 is 0 Å². The van der Waals surface area contributed by atoms with Gasteiger partial charge < -0.3 is 34.2 Å². The van der Waals surface area contributed by atoms with Crippen molar-refractivity contribution in [3.8, 4) is 22.6 Å². The van der Waals surface area contributed by atoms with Gasteiger partial charge in [0.25, 0.3) is 0 Å². The van der Waals surface area contributed by atoms with E-state index in [0.717, 1.165) is 5.56 Å². The number of hydrogen-bond acceptors (Lipinski definition) is 10. The van der Waals surface area contributed by atoms with Crippen LogP contribution in [-0.2, 0) is 14.8 Å². The predicted octanol–water partition coefficient (Wildman–Crippen LogP) is 3.78. The first-order valence-electron chi connectivity index (χ1n) is 9.41. The van der Waals surface area contributed by atoms with E-state index in [9.17, 15) is 9.32 Å². The largest absolute Gasteiger partial charge is 0.497 e. The SMILES string of the molecule is COc1cc(OC)cc(-c2cnc(Nc3ccc([S-](=N)=O)cc3)nc2N[C@H](C)CO)c1. The molecule has 1 aromatic heterocycles. The van der Waals surface area contributed by atoms with E-state index in [1.54, 1.807) is 50.7 Å². The van der Waals surface area contributed by atoms with Crippen LogP contribution < -0.4 is 20.1 Å². The Hall–Kier alpha value is -3.37. The van der Waals surface area contributed by atoms with E-state index in [1.807, 2.05) is 19.1 Å². The molecular formula is C21H24N5O4S-. The second kappa shape index (κ2) is 10.1. The maximum atomic E-state index is 11.2. The van der Waals surface area contributed by atoms with Crippen molar-refractivity contribution in [3.05, 3.63) is 48.7 Å². The molecule has 0 spiro atoms. The van der Waals surface area contributed by atoms with Crippen molar-refractivity contribution in [2.75, 3.05) is 31.5 Å². The highest BCUT2D eigenvalue weighted by Crippen LogP contribution is 2.34. The number of hydrogen-bond donors (Lipinski definition) is 4. The van der Waals surface area contributed by atoms with E-state index in [-0.39, 0.29) is 12.6 Å². The van der Waals surface area contributed by atoms with Crippen LogP contribution in [0.15, 0.2) is 53.6 Å². The molecule has 0 saturated carbocycles. The van der Waals surface area contributed by atoms with Crippen LogP contribution >= 0.6 is 0 Å². The third kappa shape index (κ3) is 5.62. The van der Waals surface area contributed by atoms with Crippen molar-refractivity contribution in [1.29, 1.82) is 4.78 Å². The average molecular weight is 443 g/mol. The van der Waals surface area contributed by atoms with Gasteiger partial charge in [-0.15, -0.1) is 0 Å². The second-order valence-electron chi connectivity index (χ2n) is 6.70. The van der Waals surface area contributed by atoms with Crippen molar-refractivity contribution in [3.63, 3.8) is 0 Å². The highest BCUT2D eigenvalue weighted by Gasteiger charge is 2.14. The molecule has 2 aromatic carbocycles. The predicted molar refractivity (Wildman–Crippen MR) is 120 cm³/mol. The molecular weight excluding hydrogens is 418 g/mol. The standard InChI is InChI=1S/C21H24N5O4S/c1-13(12-27)24-20-19(14-8-16(29-2)10-17(9-14)30-3)11-23-21(26-20)25-15-4-6-18(7-5-15)31(22)28/h4-11,13,22,27H,12H2,1-3H3,(H2,23,24,25,26)/q-1/t13-/m1/s1. The van der Waals surface area contributed by atoms with Crippen molar-refractivity contribution in [2.24, 2.45) is 0 Å². The molecule has 0 bridgehead atoms. The zero-order valence-electron chi connectivity index (χ0n) is 17.4. The van der Waals surface area contributed by atoms with Gasteiger partial charge in [0, 0.05) is 29.6 Å². The fourth-order valence-electron chi connectivity index (χ4n) is 2.80. The minimum atomic E-state index is -1.79. The summed E-state index contributed by atoms with van der Waals surface area (Å²) in [5.41, 5.74) is 2.19. The molecule has 3 aromatic rings. The van der Waals surface area contributed by atoms with Crippen LogP contribution in [0.3, 0.4) is 0 Å². The van der Waals surface area contributed by atoms with Crippen molar-refractivity contribution in [2.45, 2.75) is 17.9 Å². The molecule has 1 heterocycles. The molecule has 0 aliphatic rings. The van der Waals surface area contributed by atoms with Gasteiger partial charge in [0.1, 0.15) is 17.3 Å². The lowest BCUT2D eigenvalue weighted by molar-refractivity contribution is 0.281. The summed E-state index contributed by atoms with van der Waals surface area (Å²) in [6.45, 7) is 1.77. The van der Waals surface area contributed by atoms with Crippen LogP contribution in [0.2, 0.25) is 0 Å². The summed E-state index contributed by atoms with van der Waals surface area (Å²) in [5.74, 6) is 2.12. The van der Waals surface area contributed by atoms with Crippen LogP contribution in [0.25, 0.3) is 11.1 Å². The number of ether oxygens (including phenoxy) is 2. The molecule has 1 atom stereocenters. The molecule has 0 amide bonds. The third-order valence-electron chi connectivity index (χ3n) is 4.43. The lowest BCUT2D eigenvalue weighted by Gasteiger charge is -2.17. The van der Waals surface area contributed by atoms with Crippen LogP contribution in [0, 0.1) is 4.78 Å². The molecule has 0 unspecified atom stereocenters.